The molecule has 1 rings (SSSR count). The van der Waals surface area contributed by atoms with Crippen LogP contribution in [0.1, 0.15) is 26.7 Å². The van der Waals surface area contributed by atoms with Crippen molar-refractivity contribution in [3.8, 4) is 0 Å². The van der Waals surface area contributed by atoms with Crippen LogP contribution in [0.2, 0.25) is 0 Å². The lowest BCUT2D eigenvalue weighted by molar-refractivity contribution is -0.185. The van der Waals surface area contributed by atoms with Crippen molar-refractivity contribution in [3.05, 3.63) is 0 Å². The average Bonchev–Trinajstić information content (AvgIpc) is 2.84. The van der Waals surface area contributed by atoms with E-state index in [0.29, 0.717) is 6.61 Å². The smallest absolute Gasteiger partial charge is 0.488 e. The Bertz CT molecular complexity index is 123. The van der Waals surface area contributed by atoms with Crippen molar-refractivity contribution in [1.82, 2.24) is 0 Å². The van der Waals surface area contributed by atoms with Crippen LogP contribution in [0, 0.1) is 0 Å². The van der Waals surface area contributed by atoms with Gasteiger partial charge in [-0.25, -0.2) is 0 Å². The van der Waals surface area contributed by atoms with Gasteiger partial charge < -0.3 is 9.63 Å². The van der Waals surface area contributed by atoms with Gasteiger partial charge in [-0.15, -0.1) is 4.52 Å². The zero-order valence-electron chi connectivity index (χ0n) is 7.49. The molecule has 2 unspecified atom stereocenters. The Labute approximate surface area is 73.8 Å². The first-order valence-electron chi connectivity index (χ1n) is 4.09. The van der Waals surface area contributed by atoms with E-state index in [1.165, 1.54) is 12.8 Å². The van der Waals surface area contributed by atoms with E-state index in [0.717, 1.165) is 0 Å². The fourth-order valence-corrected chi connectivity index (χ4v) is 0.596. The van der Waals surface area contributed by atoms with Crippen molar-refractivity contribution in [1.29, 1.82) is 0 Å². The number of rotatable bonds is 4. The minimum atomic E-state index is -2.67. The van der Waals surface area contributed by atoms with Crippen LogP contribution in [-0.2, 0) is 13.8 Å². The summed E-state index contributed by atoms with van der Waals surface area (Å²) in [5.41, 5.74) is 0. The first kappa shape index (κ1) is 12.0. The van der Waals surface area contributed by atoms with Crippen LogP contribution >= 0.6 is 8.25 Å². The lowest BCUT2D eigenvalue weighted by atomic mass is 10.4. The maximum absolute atomic E-state index is 9.69. The number of hydrogen-bond donors (Lipinski definition) is 0. The van der Waals surface area contributed by atoms with Crippen LogP contribution in [0.25, 0.3) is 0 Å². The van der Waals surface area contributed by atoms with Crippen molar-refractivity contribution in [2.45, 2.75) is 32.8 Å². The van der Waals surface area contributed by atoms with Crippen LogP contribution in [0.4, 0.5) is 0 Å². The van der Waals surface area contributed by atoms with E-state index in [9.17, 15) is 9.46 Å². The minimum Gasteiger partial charge on any atom is -0.566 e. The highest BCUT2D eigenvalue weighted by atomic mass is 31.1. The summed E-state index contributed by atoms with van der Waals surface area (Å²) in [6.07, 6.45) is 2.67. The van der Waals surface area contributed by atoms with E-state index in [1.807, 2.05) is 0 Å². The van der Waals surface area contributed by atoms with Gasteiger partial charge in [0.15, 0.2) is 0 Å². The van der Waals surface area contributed by atoms with E-state index in [2.05, 4.69) is 23.1 Å². The number of unbranched alkanes of at least 4 members (excludes halogenated alkanes) is 1. The predicted octanol–water partition coefficient (Wildman–Crippen LogP) is 1.23. The molecule has 1 heterocycles. The van der Waals surface area contributed by atoms with Gasteiger partial charge in [0.25, 0.3) is 0 Å². The van der Waals surface area contributed by atoms with Gasteiger partial charge in [-0.3, -0.25) is 0 Å². The summed E-state index contributed by atoms with van der Waals surface area (Å²) in [4.78, 5) is 9.69. The second-order valence-corrected chi connectivity index (χ2v) is 3.18. The minimum absolute atomic E-state index is 0.0305. The molecule has 12 heavy (non-hydrogen) atoms. The molecule has 0 aromatic rings. The van der Waals surface area contributed by atoms with E-state index in [-0.39, 0.29) is 12.7 Å². The van der Waals surface area contributed by atoms with Crippen molar-refractivity contribution in [2.24, 2.45) is 0 Å². The van der Waals surface area contributed by atoms with Gasteiger partial charge in [-0.1, -0.05) is 26.7 Å². The van der Waals surface area contributed by atoms with Gasteiger partial charge in [0, 0.05) is 0 Å². The highest BCUT2D eigenvalue weighted by Crippen LogP contribution is 2.15. The molecule has 72 valence electrons. The van der Waals surface area contributed by atoms with Crippen LogP contribution in [0.15, 0.2) is 0 Å². The molecule has 0 radical (unpaired) electrons. The fraction of sp³-hybridized carbons (Fsp3) is 1.00. The zero-order valence-corrected chi connectivity index (χ0v) is 8.38. The predicted molar refractivity (Wildman–Crippen MR) is 43.9 cm³/mol. The van der Waals surface area contributed by atoms with Gasteiger partial charge in [-0.05, 0) is 4.57 Å². The summed E-state index contributed by atoms with van der Waals surface area (Å²) < 4.78 is 18.6. The maximum Gasteiger partial charge on any atom is 0.488 e. The summed E-state index contributed by atoms with van der Waals surface area (Å²) in [6.45, 7) is 5.17. The normalized spacial score (nSPS) is 20.9. The van der Waals surface area contributed by atoms with Gasteiger partial charge in [0.2, 0.25) is 0 Å². The van der Waals surface area contributed by atoms with Crippen LogP contribution in [0.5, 0.6) is 0 Å². The van der Waals surface area contributed by atoms with Crippen molar-refractivity contribution >= 4 is 8.25 Å². The molecule has 0 N–H and O–H groups in total. The summed E-state index contributed by atoms with van der Waals surface area (Å²) in [7, 11) is -2.67. The number of epoxide rings is 1. The molecule has 1 saturated heterocycles. The Morgan fingerprint density at radius 2 is 2.08 bits per heavy atom. The molecular formula is C7H15O4P. The van der Waals surface area contributed by atoms with Crippen LogP contribution in [0.3, 0.4) is 0 Å². The molecule has 0 saturated carbocycles. The summed E-state index contributed by atoms with van der Waals surface area (Å²) >= 11 is 0. The topological polar surface area (TPSA) is 61.9 Å². The first-order chi connectivity index (χ1) is 5.70. The first-order valence-corrected chi connectivity index (χ1v) is 5.19. The largest absolute Gasteiger partial charge is 0.566 e. The Hall–Kier alpha value is -0.0200. The van der Waals surface area contributed by atoms with Gasteiger partial charge in [-0.2, -0.15) is 0 Å². The molecule has 1 aliphatic heterocycles. The highest BCUT2D eigenvalue weighted by molar-refractivity contribution is 7.30. The molecule has 1 fully saturated rings. The van der Waals surface area contributed by atoms with E-state index >= 15 is 0 Å². The maximum atomic E-state index is 9.69. The molecule has 2 atom stereocenters. The fourth-order valence-electron chi connectivity index (χ4n) is 0.308. The third kappa shape index (κ3) is 9.98. The summed E-state index contributed by atoms with van der Waals surface area (Å²) in [5, 5.41) is 0. The Balaban J connectivity index is 0.000000261. The zero-order chi connectivity index (χ0) is 9.40. The lowest BCUT2D eigenvalue weighted by Crippen LogP contribution is -1.99. The molecule has 4 nitrogen and oxygen atoms in total. The average molecular weight is 194 g/mol. The Kier molecular flexibility index (Phi) is 7.61. The molecule has 0 aromatic heterocycles. The third-order valence-electron chi connectivity index (χ3n) is 1.27. The van der Waals surface area contributed by atoms with Crippen LogP contribution in [-0.4, -0.2) is 19.3 Å². The Morgan fingerprint density at radius 1 is 1.58 bits per heavy atom. The van der Waals surface area contributed by atoms with Crippen LogP contribution < -0.4 is 4.89 Å². The highest BCUT2D eigenvalue weighted by Gasteiger charge is 2.25. The summed E-state index contributed by atoms with van der Waals surface area (Å²) in [5.74, 6) is 0. The van der Waals surface area contributed by atoms with Gasteiger partial charge in [0.1, 0.15) is 12.7 Å². The quantitative estimate of drug-likeness (QED) is 0.498. The van der Waals surface area contributed by atoms with E-state index in [4.69, 9.17) is 0 Å². The van der Waals surface area contributed by atoms with Crippen molar-refractivity contribution in [2.75, 3.05) is 13.2 Å². The molecule has 1 aliphatic rings. The number of hydrogen-bond acceptors (Lipinski definition) is 4. The van der Waals surface area contributed by atoms with E-state index in [1.54, 1.807) is 0 Å². The second-order valence-electron chi connectivity index (χ2n) is 2.47. The standard InChI is InChI=1S/C4H10.C3H5O4P/c1-3-4-2;4-8(5)7-2-3-1-6-3/h3-4H2,1-2H3;3H,1-2H2. The summed E-state index contributed by atoms with van der Waals surface area (Å²) in [6, 6.07) is 0. The molecule has 5 heteroatoms. The van der Waals surface area contributed by atoms with E-state index < -0.39 is 8.25 Å². The SMILES string of the molecule is CCCC.O=[P+]([O-])OCC1CO1. The van der Waals surface area contributed by atoms with Crippen molar-refractivity contribution in [3.63, 3.8) is 0 Å². The molecular weight excluding hydrogens is 179 g/mol. The molecule has 0 bridgehead atoms. The van der Waals surface area contributed by atoms with Gasteiger partial charge in [0.05, 0.1) is 6.61 Å². The molecule has 0 amide bonds. The second kappa shape index (κ2) is 7.62. The lowest BCUT2D eigenvalue weighted by Gasteiger charge is -1.83. The Morgan fingerprint density at radius 3 is 2.33 bits per heavy atom. The third-order valence-corrected chi connectivity index (χ3v) is 1.63. The molecule has 0 aromatic carbocycles. The number of ether oxygens (including phenoxy) is 1. The van der Waals surface area contributed by atoms with Crippen molar-refractivity contribution < 1.29 is 18.7 Å². The molecule has 0 aliphatic carbocycles. The monoisotopic (exact) mass is 194 g/mol. The van der Waals surface area contributed by atoms with Gasteiger partial charge >= 0.3 is 8.25 Å². The molecule has 0 spiro atoms.